The van der Waals surface area contributed by atoms with E-state index in [1.807, 2.05) is 24.3 Å². The highest BCUT2D eigenvalue weighted by atomic mass is 16.5. The van der Waals surface area contributed by atoms with Gasteiger partial charge in [0.05, 0.1) is 49.6 Å². The lowest BCUT2D eigenvalue weighted by atomic mass is 10.2. The highest BCUT2D eigenvalue weighted by Gasteiger charge is 2.15. The Bertz CT molecular complexity index is 1140. The molecule has 1 radical (unpaired) electrons. The molecule has 0 spiro atoms. The minimum atomic E-state index is 0.397. The third kappa shape index (κ3) is 4.81. The van der Waals surface area contributed by atoms with E-state index in [-0.39, 0.29) is 0 Å². The molecule has 2 heterocycles. The zero-order valence-corrected chi connectivity index (χ0v) is 18.7. The van der Waals surface area contributed by atoms with Crippen molar-refractivity contribution in [1.29, 1.82) is 0 Å². The lowest BCUT2D eigenvalue weighted by molar-refractivity contribution is 0.394. The van der Waals surface area contributed by atoms with Crippen LogP contribution in [0.15, 0.2) is 53.9 Å². The van der Waals surface area contributed by atoms with Crippen LogP contribution in [0.25, 0.3) is 16.6 Å². The van der Waals surface area contributed by atoms with Gasteiger partial charge in [-0.05, 0) is 18.2 Å². The second-order valence-corrected chi connectivity index (χ2v) is 7.70. The summed E-state index contributed by atoms with van der Waals surface area (Å²) in [4.78, 5) is 11.6. The lowest BCUT2D eigenvalue weighted by Crippen LogP contribution is -2.32. The van der Waals surface area contributed by atoms with Gasteiger partial charge in [0, 0.05) is 54.3 Å². The number of ether oxygens (including phenoxy) is 2. The van der Waals surface area contributed by atoms with Crippen LogP contribution in [0.2, 0.25) is 0 Å². The molecule has 0 amide bonds. The molecule has 8 nitrogen and oxygen atoms in total. The van der Waals surface area contributed by atoms with E-state index in [4.69, 9.17) is 14.5 Å². The molecule has 1 aromatic heterocycles. The van der Waals surface area contributed by atoms with Gasteiger partial charge in [-0.1, -0.05) is 13.8 Å². The smallest absolute Gasteiger partial charge is 0.124 e. The molecule has 0 saturated carbocycles. The molecule has 1 N–H and O–H groups in total. The fourth-order valence-corrected chi connectivity index (χ4v) is 3.48. The van der Waals surface area contributed by atoms with Crippen LogP contribution in [0.3, 0.4) is 0 Å². The van der Waals surface area contributed by atoms with Crippen molar-refractivity contribution in [1.82, 2.24) is 20.7 Å². The van der Waals surface area contributed by atoms with Crippen molar-refractivity contribution < 1.29 is 9.47 Å². The molecule has 32 heavy (non-hydrogen) atoms. The second-order valence-electron chi connectivity index (χ2n) is 7.70. The van der Waals surface area contributed by atoms with Crippen molar-refractivity contribution in [3.63, 3.8) is 0 Å². The van der Waals surface area contributed by atoms with Gasteiger partial charge in [0.1, 0.15) is 11.5 Å². The predicted octanol–water partition coefficient (Wildman–Crippen LogP) is 3.73. The average Bonchev–Trinajstić information content (AvgIpc) is 3.35. The third-order valence-electron chi connectivity index (χ3n) is 5.13. The van der Waals surface area contributed by atoms with Crippen LogP contribution in [0.1, 0.15) is 19.5 Å². The first-order valence-corrected chi connectivity index (χ1v) is 10.5. The van der Waals surface area contributed by atoms with E-state index in [9.17, 15) is 0 Å². The van der Waals surface area contributed by atoms with Crippen LogP contribution in [-0.2, 0) is 0 Å². The maximum atomic E-state index is 5.50. The number of methoxy groups -OCH3 is 2. The number of aromatic nitrogens is 2. The maximum Gasteiger partial charge on any atom is 0.124 e. The molecule has 0 fully saturated rings. The van der Waals surface area contributed by atoms with E-state index in [0.717, 1.165) is 58.3 Å². The molecule has 8 heteroatoms. The summed E-state index contributed by atoms with van der Waals surface area (Å²) in [6, 6.07) is 12.4. The number of benzene rings is 2. The van der Waals surface area contributed by atoms with E-state index in [1.54, 1.807) is 32.8 Å². The topological polar surface area (TPSA) is 86.0 Å². The van der Waals surface area contributed by atoms with Crippen LogP contribution in [-0.4, -0.2) is 49.5 Å². The van der Waals surface area contributed by atoms with E-state index < -0.39 is 0 Å². The Morgan fingerprint density at radius 3 is 2.41 bits per heavy atom. The quantitative estimate of drug-likeness (QED) is 0.556. The summed E-state index contributed by atoms with van der Waals surface area (Å²) in [7, 11) is 3.31. The van der Waals surface area contributed by atoms with Crippen molar-refractivity contribution in [3.05, 3.63) is 54.5 Å². The van der Waals surface area contributed by atoms with Crippen molar-refractivity contribution in [2.45, 2.75) is 19.9 Å². The Labute approximate surface area is 188 Å². The molecular weight excluding hydrogens is 404 g/mol. The molecule has 4 rings (SSSR count). The van der Waals surface area contributed by atoms with Crippen LogP contribution < -0.4 is 25.1 Å². The number of fused-ring (bicyclic) bond motifs is 1. The Morgan fingerprint density at radius 1 is 0.969 bits per heavy atom. The van der Waals surface area contributed by atoms with Gasteiger partial charge in [-0.2, -0.15) is 10.5 Å². The average molecular weight is 432 g/mol. The summed E-state index contributed by atoms with van der Waals surface area (Å²) in [5.41, 5.74) is 9.09. The standard InChI is InChI=1S/C24H27N6O2/c1-16(2)25-7-8-30(19-9-20(31-3)12-21(10-19)32-4)18-5-6-22-23(11-18)29-24(15-26-22)17-13-27-28-14-17/h5-6,9-16,25H,7-8H2,1-4H3. The Kier molecular flexibility index (Phi) is 6.51. The number of rotatable bonds is 9. The monoisotopic (exact) mass is 431 g/mol. The van der Waals surface area contributed by atoms with Gasteiger partial charge in [-0.25, -0.2) is 4.98 Å². The third-order valence-corrected chi connectivity index (χ3v) is 5.13. The highest BCUT2D eigenvalue weighted by molar-refractivity contribution is 6.10. The van der Waals surface area contributed by atoms with Gasteiger partial charge >= 0.3 is 0 Å². The SMILES string of the molecule is COc1cc(OC)cc(N(CCNC(C)C)c2ccc3ncc(C4=C[N]N=C4)nc3c2)c1. The molecule has 2 aromatic carbocycles. The number of hydrogen-bond donors (Lipinski definition) is 1. The number of anilines is 2. The first-order valence-electron chi connectivity index (χ1n) is 10.5. The summed E-state index contributed by atoms with van der Waals surface area (Å²) in [5, 5.41) is 7.38. The molecule has 3 aromatic rings. The summed E-state index contributed by atoms with van der Waals surface area (Å²) in [6.07, 6.45) is 5.12. The largest absolute Gasteiger partial charge is 0.497 e. The summed E-state index contributed by atoms with van der Waals surface area (Å²) < 4.78 is 11.0. The van der Waals surface area contributed by atoms with Gasteiger partial charge in [0.2, 0.25) is 0 Å². The van der Waals surface area contributed by atoms with Gasteiger partial charge in [0.15, 0.2) is 0 Å². The normalized spacial score (nSPS) is 12.7. The Morgan fingerprint density at radius 2 is 1.75 bits per heavy atom. The molecule has 0 aliphatic carbocycles. The summed E-state index contributed by atoms with van der Waals surface area (Å²) in [6.45, 7) is 5.84. The molecular formula is C24H27N6O2. The van der Waals surface area contributed by atoms with E-state index in [2.05, 4.69) is 51.7 Å². The Balaban J connectivity index is 1.75. The molecule has 0 saturated heterocycles. The van der Waals surface area contributed by atoms with E-state index in [0.29, 0.717) is 6.04 Å². The van der Waals surface area contributed by atoms with Crippen LogP contribution in [0.5, 0.6) is 11.5 Å². The maximum absolute atomic E-state index is 5.50. The van der Waals surface area contributed by atoms with E-state index in [1.165, 1.54) is 0 Å². The van der Waals surface area contributed by atoms with Gasteiger partial charge in [0.25, 0.3) is 0 Å². The first-order chi connectivity index (χ1) is 15.6. The van der Waals surface area contributed by atoms with Crippen LogP contribution >= 0.6 is 0 Å². The number of hydrogen-bond acceptors (Lipinski definition) is 7. The summed E-state index contributed by atoms with van der Waals surface area (Å²) in [5.74, 6) is 1.47. The Hall–Kier alpha value is -3.65. The summed E-state index contributed by atoms with van der Waals surface area (Å²) >= 11 is 0. The molecule has 1 aliphatic rings. The van der Waals surface area contributed by atoms with E-state index >= 15 is 0 Å². The van der Waals surface area contributed by atoms with Crippen molar-refractivity contribution in [2.75, 3.05) is 32.2 Å². The van der Waals surface area contributed by atoms with Gasteiger partial charge in [-0.3, -0.25) is 4.98 Å². The van der Waals surface area contributed by atoms with Crippen LogP contribution in [0.4, 0.5) is 11.4 Å². The number of nitrogens with one attached hydrogen (secondary N) is 1. The fourth-order valence-electron chi connectivity index (χ4n) is 3.48. The minimum Gasteiger partial charge on any atom is -0.497 e. The van der Waals surface area contributed by atoms with Gasteiger partial charge < -0.3 is 19.7 Å². The lowest BCUT2D eigenvalue weighted by Gasteiger charge is -2.27. The van der Waals surface area contributed by atoms with Crippen molar-refractivity contribution in [3.8, 4) is 11.5 Å². The van der Waals surface area contributed by atoms with Crippen molar-refractivity contribution >= 4 is 34.2 Å². The molecule has 1 aliphatic heterocycles. The van der Waals surface area contributed by atoms with Crippen molar-refractivity contribution in [2.24, 2.45) is 5.10 Å². The zero-order chi connectivity index (χ0) is 22.5. The van der Waals surface area contributed by atoms with Crippen LogP contribution in [0, 0.1) is 0 Å². The predicted molar refractivity (Wildman–Crippen MR) is 128 cm³/mol. The minimum absolute atomic E-state index is 0.397. The number of nitrogens with zero attached hydrogens (tertiary/aromatic N) is 5. The zero-order valence-electron chi connectivity index (χ0n) is 18.7. The van der Waals surface area contributed by atoms with Gasteiger partial charge in [-0.15, -0.1) is 0 Å². The number of allylic oxidation sites excluding steroid dienone is 1. The second kappa shape index (κ2) is 9.65. The molecule has 0 atom stereocenters. The molecule has 0 bridgehead atoms. The molecule has 0 unspecified atom stereocenters. The molecule has 165 valence electrons. The first kappa shape index (κ1) is 21.6. The fraction of sp³-hybridized carbons (Fsp3) is 0.292. The highest BCUT2D eigenvalue weighted by Crippen LogP contribution is 2.33.